The van der Waals surface area contributed by atoms with Crippen molar-refractivity contribution >= 4 is 69.3 Å². The maximum atomic E-state index is 13.1. The van der Waals surface area contributed by atoms with Gasteiger partial charge in [-0.05, 0) is 30.7 Å². The Balaban J connectivity index is 1.22. The Morgan fingerprint density at radius 3 is 2.62 bits per heavy atom. The molecule has 2 aliphatic rings. The van der Waals surface area contributed by atoms with E-state index in [2.05, 4.69) is 15.5 Å². The van der Waals surface area contributed by atoms with E-state index in [0.717, 1.165) is 16.2 Å². The van der Waals surface area contributed by atoms with Crippen molar-refractivity contribution in [2.75, 3.05) is 23.8 Å². The van der Waals surface area contributed by atoms with E-state index in [0.29, 0.717) is 17.1 Å². The molecule has 6 N–H and O–H groups in total. The number of carbonyl (C=O) groups excluding carboxylic acids is 3. The molecule has 0 bridgehead atoms. The molecule has 4 heterocycles. The molecule has 2 unspecified atom stereocenters. The molecule has 0 aliphatic carbocycles. The fourth-order valence-corrected chi connectivity index (χ4v) is 7.42. The molecule has 1 saturated heterocycles. The summed E-state index contributed by atoms with van der Waals surface area (Å²) in [5.74, 6) is -2.81. The molecule has 0 saturated carbocycles. The molecule has 2 aromatic heterocycles. The molecule has 2 amide bonds. The van der Waals surface area contributed by atoms with E-state index in [-0.39, 0.29) is 58.2 Å². The lowest BCUT2D eigenvalue weighted by Crippen LogP contribution is -2.71. The Labute approximate surface area is 268 Å². The number of phenols is 2. The number of carboxylic acid groups (broad SMARTS) is 1. The number of aromatic hydroxyl groups is 2. The SMILES string of the molecule is CCO/N=C(\C(=O)NC1C(=O)N2C(C(=O)O)=C(CSc3cc[n+](CC(=O)c4ccc(O)c(O)c4)cc3)CSC12)c1csc(N)n1. The second kappa shape index (κ2) is 13.6. The van der Waals surface area contributed by atoms with Crippen LogP contribution >= 0.6 is 34.9 Å². The van der Waals surface area contributed by atoms with Crippen molar-refractivity contribution in [3.63, 3.8) is 0 Å². The molecular formula is C28H27N6O8S3+. The highest BCUT2D eigenvalue weighted by molar-refractivity contribution is 8.01. The molecule has 0 spiro atoms. The lowest BCUT2D eigenvalue weighted by atomic mass is 10.0. The quantitative estimate of drug-likeness (QED) is 0.0354. The summed E-state index contributed by atoms with van der Waals surface area (Å²) in [7, 11) is 0. The van der Waals surface area contributed by atoms with Crippen LogP contribution < -0.4 is 15.6 Å². The van der Waals surface area contributed by atoms with Crippen LogP contribution in [0.5, 0.6) is 11.5 Å². The predicted octanol–water partition coefficient (Wildman–Crippen LogP) is 1.58. The first-order valence-corrected chi connectivity index (χ1v) is 16.3. The van der Waals surface area contributed by atoms with Crippen molar-refractivity contribution in [1.29, 1.82) is 0 Å². The third kappa shape index (κ3) is 6.89. The summed E-state index contributed by atoms with van der Waals surface area (Å²) in [5.41, 5.74) is 6.45. The average Bonchev–Trinajstić information content (AvgIpc) is 3.45. The van der Waals surface area contributed by atoms with Gasteiger partial charge in [-0.3, -0.25) is 19.3 Å². The number of aromatic nitrogens is 2. The normalized spacial score (nSPS) is 17.8. The van der Waals surface area contributed by atoms with Crippen molar-refractivity contribution in [3.8, 4) is 11.5 Å². The van der Waals surface area contributed by atoms with Crippen LogP contribution in [-0.4, -0.2) is 84.0 Å². The predicted molar refractivity (Wildman–Crippen MR) is 166 cm³/mol. The Kier molecular flexibility index (Phi) is 9.60. The number of anilines is 1. The summed E-state index contributed by atoms with van der Waals surface area (Å²) in [5, 5.41) is 36.8. The minimum atomic E-state index is -1.24. The van der Waals surface area contributed by atoms with Crippen LogP contribution in [0.15, 0.2) is 69.4 Å². The van der Waals surface area contributed by atoms with E-state index < -0.39 is 29.2 Å². The third-order valence-electron chi connectivity index (χ3n) is 6.70. The fourth-order valence-electron chi connectivity index (χ4n) is 4.50. The van der Waals surface area contributed by atoms with Crippen molar-refractivity contribution in [1.82, 2.24) is 15.2 Å². The van der Waals surface area contributed by atoms with Gasteiger partial charge in [-0.2, -0.15) is 4.57 Å². The van der Waals surface area contributed by atoms with E-state index in [1.54, 1.807) is 41.4 Å². The van der Waals surface area contributed by atoms with Gasteiger partial charge in [0.1, 0.15) is 29.4 Å². The van der Waals surface area contributed by atoms with Gasteiger partial charge in [0.15, 0.2) is 34.7 Å². The number of hydrogen-bond acceptors (Lipinski definition) is 13. The number of rotatable bonds is 12. The zero-order valence-corrected chi connectivity index (χ0v) is 26.0. The fraction of sp³-hybridized carbons (Fsp3) is 0.250. The highest BCUT2D eigenvalue weighted by Crippen LogP contribution is 2.41. The third-order valence-corrected chi connectivity index (χ3v) is 9.81. The molecule has 234 valence electrons. The largest absolute Gasteiger partial charge is 0.504 e. The number of hydrogen-bond donors (Lipinski definition) is 5. The zero-order chi connectivity index (χ0) is 32.2. The average molecular weight is 672 g/mol. The molecule has 5 rings (SSSR count). The van der Waals surface area contributed by atoms with Crippen molar-refractivity contribution in [2.45, 2.75) is 29.8 Å². The number of aliphatic carboxylic acids is 1. The van der Waals surface area contributed by atoms with Gasteiger partial charge in [0.25, 0.3) is 11.8 Å². The van der Waals surface area contributed by atoms with Crippen LogP contribution in [0.3, 0.4) is 0 Å². The number of carbonyl (C=O) groups is 4. The van der Waals surface area contributed by atoms with E-state index in [9.17, 15) is 34.5 Å². The Morgan fingerprint density at radius 2 is 1.98 bits per heavy atom. The minimum Gasteiger partial charge on any atom is -0.504 e. The summed E-state index contributed by atoms with van der Waals surface area (Å²) >= 11 is 3.84. The van der Waals surface area contributed by atoms with E-state index in [1.165, 1.54) is 46.6 Å². The number of β-lactam (4-membered cyclic amide) rings is 1. The molecule has 0 radical (unpaired) electrons. The number of oxime groups is 1. The summed E-state index contributed by atoms with van der Waals surface area (Å²) < 4.78 is 1.65. The number of amides is 2. The first kappa shape index (κ1) is 31.8. The highest BCUT2D eigenvalue weighted by atomic mass is 32.2. The molecule has 17 heteroatoms. The summed E-state index contributed by atoms with van der Waals surface area (Å²) in [6.45, 7) is 1.91. The number of pyridine rings is 1. The Morgan fingerprint density at radius 1 is 1.22 bits per heavy atom. The maximum Gasteiger partial charge on any atom is 0.352 e. The molecule has 2 atom stereocenters. The summed E-state index contributed by atoms with van der Waals surface area (Å²) in [6, 6.07) is 6.47. The number of ketones is 1. The lowest BCUT2D eigenvalue weighted by molar-refractivity contribution is -0.683. The number of Topliss-reactive ketones (excluding diaryl/α,β-unsaturated/α-hetero) is 1. The monoisotopic (exact) mass is 671 g/mol. The minimum absolute atomic E-state index is 0.00703. The first-order chi connectivity index (χ1) is 21.6. The highest BCUT2D eigenvalue weighted by Gasteiger charge is 2.54. The molecule has 3 aromatic rings. The number of nitrogen functional groups attached to an aromatic ring is 1. The van der Waals surface area contributed by atoms with Crippen LogP contribution in [0.4, 0.5) is 5.13 Å². The molecule has 2 aliphatic heterocycles. The number of benzene rings is 1. The molecule has 1 fully saturated rings. The number of nitrogens with one attached hydrogen (secondary N) is 1. The van der Waals surface area contributed by atoms with Gasteiger partial charge < -0.3 is 31.2 Å². The molecule has 45 heavy (non-hydrogen) atoms. The van der Waals surface area contributed by atoms with Crippen LogP contribution in [0, 0.1) is 0 Å². The second-order valence-corrected chi connectivity index (χ2v) is 12.7. The van der Waals surface area contributed by atoms with E-state index in [4.69, 9.17) is 10.6 Å². The number of fused-ring (bicyclic) bond motifs is 1. The number of nitrogens with zero attached hydrogens (tertiary/aromatic N) is 4. The number of phenolic OH excluding ortho intramolecular Hbond substituents is 2. The van der Waals surface area contributed by atoms with Crippen LogP contribution in [0.2, 0.25) is 0 Å². The van der Waals surface area contributed by atoms with Gasteiger partial charge >= 0.3 is 5.97 Å². The van der Waals surface area contributed by atoms with Gasteiger partial charge in [-0.1, -0.05) is 5.16 Å². The number of thioether (sulfide) groups is 2. The summed E-state index contributed by atoms with van der Waals surface area (Å²) in [4.78, 5) is 62.2. The first-order valence-electron chi connectivity index (χ1n) is 13.4. The zero-order valence-electron chi connectivity index (χ0n) is 23.6. The topological polar surface area (TPSA) is 209 Å². The van der Waals surface area contributed by atoms with Crippen LogP contribution in [-0.2, 0) is 25.8 Å². The van der Waals surface area contributed by atoms with Gasteiger partial charge in [0.05, 0.1) is 0 Å². The Hall–Kier alpha value is -4.61. The molecule has 1 aromatic carbocycles. The number of thiazole rings is 1. The Bertz CT molecular complexity index is 1720. The van der Waals surface area contributed by atoms with E-state index >= 15 is 0 Å². The van der Waals surface area contributed by atoms with Gasteiger partial charge in [-0.15, -0.1) is 34.9 Å². The van der Waals surface area contributed by atoms with Crippen molar-refractivity contribution < 1.29 is 43.9 Å². The van der Waals surface area contributed by atoms with Crippen molar-refractivity contribution in [3.05, 3.63) is 70.6 Å². The number of nitrogens with two attached hydrogens (primary N) is 1. The van der Waals surface area contributed by atoms with Crippen LogP contribution in [0.25, 0.3) is 0 Å². The smallest absolute Gasteiger partial charge is 0.352 e. The molecular weight excluding hydrogens is 645 g/mol. The van der Waals surface area contributed by atoms with Crippen LogP contribution in [0.1, 0.15) is 23.0 Å². The summed E-state index contributed by atoms with van der Waals surface area (Å²) in [6.07, 6.45) is 3.40. The van der Waals surface area contributed by atoms with Gasteiger partial charge in [0, 0.05) is 39.5 Å². The van der Waals surface area contributed by atoms with Crippen molar-refractivity contribution in [2.24, 2.45) is 5.16 Å². The van der Waals surface area contributed by atoms with Gasteiger partial charge in [0.2, 0.25) is 12.3 Å². The van der Waals surface area contributed by atoms with Gasteiger partial charge in [-0.25, -0.2) is 9.78 Å². The maximum absolute atomic E-state index is 13.1. The number of carboxylic acids is 1. The lowest BCUT2D eigenvalue weighted by Gasteiger charge is -2.49. The molecule has 14 nitrogen and oxygen atoms in total. The standard InChI is InChI=1S/C28H26N6O8S3/c1-2-42-32-21(17-13-45-28(29)30-17)24(38)31-22-25(39)34-23(27(40)41)15(12-44-26(22)34)11-43-16-5-7-33(8-6-16)10-20(37)14-3-4-18(35)19(36)9-14/h3-9,13,22,26H,2,10-12H2,1H3,(H5-,29,30,31,32,35,36,37,38,40,41)/p+1. The van der Waals surface area contributed by atoms with E-state index in [1.807, 2.05) is 0 Å². The second-order valence-electron chi connectivity index (χ2n) is 9.67.